The number of hydrogen-bond donors (Lipinski definition) is 1. The Morgan fingerprint density at radius 3 is 2.16 bits per heavy atom. The summed E-state index contributed by atoms with van der Waals surface area (Å²) in [7, 11) is 0. The van der Waals surface area contributed by atoms with E-state index in [1.165, 1.54) is 0 Å². The molecule has 0 aromatic heterocycles. The lowest BCUT2D eigenvalue weighted by atomic mass is 10.0. The first kappa shape index (κ1) is 31.8. The lowest BCUT2D eigenvalue weighted by Crippen LogP contribution is -2.36. The van der Waals surface area contributed by atoms with Gasteiger partial charge in [-0.05, 0) is 98.3 Å². The molecule has 8 heteroatoms. The van der Waals surface area contributed by atoms with Gasteiger partial charge in [-0.3, -0.25) is 9.59 Å². The Hall–Kier alpha value is -5.11. The number of para-hydroxylation sites is 1. The van der Waals surface area contributed by atoms with Crippen molar-refractivity contribution in [3.05, 3.63) is 114 Å². The Labute approximate surface area is 257 Å². The van der Waals surface area contributed by atoms with E-state index in [2.05, 4.69) is 4.74 Å². The van der Waals surface area contributed by atoms with Crippen molar-refractivity contribution >= 4 is 18.0 Å². The molecule has 0 radical (unpaired) electrons. The second kappa shape index (κ2) is 15.9. The second-order valence-corrected chi connectivity index (χ2v) is 10.6. The van der Waals surface area contributed by atoms with Crippen LogP contribution in [0, 0.1) is 0 Å². The van der Waals surface area contributed by atoms with Gasteiger partial charge in [-0.1, -0.05) is 54.6 Å². The first-order valence-electron chi connectivity index (χ1n) is 14.7. The molecule has 0 aliphatic rings. The molecule has 0 spiro atoms. The zero-order chi connectivity index (χ0) is 31.3. The van der Waals surface area contributed by atoms with Gasteiger partial charge in [-0.15, -0.1) is 0 Å². The van der Waals surface area contributed by atoms with E-state index >= 15 is 0 Å². The maximum Gasteiger partial charge on any atom is 0.513 e. The average molecular weight is 596 g/mol. The Morgan fingerprint density at radius 2 is 1.43 bits per heavy atom. The summed E-state index contributed by atoms with van der Waals surface area (Å²) in [5.74, 6) is 1.41. The van der Waals surface area contributed by atoms with Crippen LogP contribution in [0.4, 0.5) is 4.79 Å². The third-order valence-electron chi connectivity index (χ3n) is 6.91. The number of carboxylic acid groups (broad SMARTS) is 1. The molecule has 0 saturated heterocycles. The molecule has 0 atom stereocenters. The van der Waals surface area contributed by atoms with E-state index in [9.17, 15) is 14.4 Å². The Morgan fingerprint density at radius 1 is 0.727 bits per heavy atom. The van der Waals surface area contributed by atoms with Gasteiger partial charge in [-0.25, -0.2) is 4.79 Å². The van der Waals surface area contributed by atoms with Crippen molar-refractivity contribution in [2.75, 3.05) is 6.61 Å². The molecular weight excluding hydrogens is 558 g/mol. The predicted molar refractivity (Wildman–Crippen MR) is 168 cm³/mol. The van der Waals surface area contributed by atoms with E-state index in [1.54, 1.807) is 0 Å². The molecule has 4 aromatic carbocycles. The number of hydrogen-bond acceptors (Lipinski definition) is 6. The van der Waals surface area contributed by atoms with Crippen LogP contribution in [0.1, 0.15) is 55.5 Å². The fraction of sp³-hybridized carbons (Fsp3) is 0.250. The molecule has 0 heterocycles. The van der Waals surface area contributed by atoms with Gasteiger partial charge >= 0.3 is 12.1 Å². The van der Waals surface area contributed by atoms with Gasteiger partial charge in [0.2, 0.25) is 0 Å². The molecule has 1 N–H and O–H groups in total. The first-order valence-corrected chi connectivity index (χ1v) is 14.7. The van der Waals surface area contributed by atoms with Gasteiger partial charge in [0, 0.05) is 24.6 Å². The van der Waals surface area contributed by atoms with E-state index in [0.29, 0.717) is 43.7 Å². The Bertz CT molecular complexity index is 1530. The zero-order valence-electron chi connectivity index (χ0n) is 25.0. The van der Waals surface area contributed by atoms with E-state index < -0.39 is 12.1 Å². The number of ether oxygens (including phenoxy) is 3. The molecule has 8 nitrogen and oxygen atoms in total. The summed E-state index contributed by atoms with van der Waals surface area (Å²) < 4.78 is 15.9. The second-order valence-electron chi connectivity index (χ2n) is 10.6. The Kier molecular flexibility index (Phi) is 11.5. The van der Waals surface area contributed by atoms with Crippen molar-refractivity contribution < 1.29 is 33.7 Å². The maximum absolute atomic E-state index is 13.6. The summed E-state index contributed by atoms with van der Waals surface area (Å²) >= 11 is 0. The van der Waals surface area contributed by atoms with Crippen LogP contribution in [-0.4, -0.2) is 40.7 Å². The standard InChI is InChI=1S/C36H37NO7/c1-26(2)37(25-27-11-9-15-32(23-27)42-22-8-4-7-17-34(38)44-36(40)41)35(39)29-20-18-28(19-21-29)30-12-10-16-33(24-30)43-31-13-5-3-6-14-31/h3,5-6,9-16,18-21,23-24,26H,4,7-8,17,22,25H2,1-2H3,(H,40,41). The molecule has 1 amide bonds. The molecule has 228 valence electrons. The van der Waals surface area contributed by atoms with Crippen molar-refractivity contribution in [3.8, 4) is 28.4 Å². The average Bonchev–Trinajstić information content (AvgIpc) is 3.02. The molecule has 0 unspecified atom stereocenters. The number of benzene rings is 4. The van der Waals surface area contributed by atoms with Crippen molar-refractivity contribution in [2.24, 2.45) is 0 Å². The highest BCUT2D eigenvalue weighted by Gasteiger charge is 2.19. The molecule has 4 aromatic rings. The third kappa shape index (κ3) is 9.73. The minimum atomic E-state index is -1.58. The number of nitrogens with zero attached hydrogens (tertiary/aromatic N) is 1. The monoisotopic (exact) mass is 595 g/mol. The quantitative estimate of drug-likeness (QED) is 0.0888. The van der Waals surface area contributed by atoms with Gasteiger partial charge in [0.1, 0.15) is 17.2 Å². The van der Waals surface area contributed by atoms with Crippen molar-refractivity contribution in [1.29, 1.82) is 0 Å². The largest absolute Gasteiger partial charge is 0.513 e. The van der Waals surface area contributed by atoms with Gasteiger partial charge in [0.15, 0.2) is 0 Å². The number of unbranched alkanes of at least 4 members (excludes halogenated alkanes) is 2. The normalized spacial score (nSPS) is 10.7. The van der Waals surface area contributed by atoms with Crippen molar-refractivity contribution in [3.63, 3.8) is 0 Å². The summed E-state index contributed by atoms with van der Waals surface area (Å²) in [6.45, 7) is 4.88. The Balaban J connectivity index is 1.32. The summed E-state index contributed by atoms with van der Waals surface area (Å²) in [4.78, 5) is 37.1. The smallest absolute Gasteiger partial charge is 0.494 e. The van der Waals surface area contributed by atoms with Crippen LogP contribution in [0.25, 0.3) is 11.1 Å². The van der Waals surface area contributed by atoms with Crippen LogP contribution < -0.4 is 9.47 Å². The fourth-order valence-corrected chi connectivity index (χ4v) is 4.64. The summed E-state index contributed by atoms with van der Waals surface area (Å²) in [5, 5.41) is 8.45. The zero-order valence-corrected chi connectivity index (χ0v) is 25.0. The van der Waals surface area contributed by atoms with Crippen LogP contribution in [-0.2, 0) is 16.1 Å². The minimum absolute atomic E-state index is 0.0219. The van der Waals surface area contributed by atoms with Gasteiger partial charge in [-0.2, -0.15) is 0 Å². The van der Waals surface area contributed by atoms with Crippen LogP contribution in [0.3, 0.4) is 0 Å². The number of carbonyl (C=O) groups excluding carboxylic acids is 2. The van der Waals surface area contributed by atoms with Gasteiger partial charge in [0.25, 0.3) is 5.91 Å². The van der Waals surface area contributed by atoms with E-state index in [-0.39, 0.29) is 18.4 Å². The molecular formula is C36H37NO7. The van der Waals surface area contributed by atoms with Crippen LogP contribution in [0.5, 0.6) is 17.2 Å². The fourth-order valence-electron chi connectivity index (χ4n) is 4.64. The lowest BCUT2D eigenvalue weighted by Gasteiger charge is -2.27. The molecule has 4 rings (SSSR count). The highest BCUT2D eigenvalue weighted by molar-refractivity contribution is 5.95. The molecule has 0 fully saturated rings. The van der Waals surface area contributed by atoms with Crippen molar-refractivity contribution in [2.45, 2.75) is 52.1 Å². The maximum atomic E-state index is 13.6. The summed E-state index contributed by atoms with van der Waals surface area (Å²) in [6, 6.07) is 32.8. The van der Waals surface area contributed by atoms with Gasteiger partial charge < -0.3 is 24.2 Å². The SMILES string of the molecule is CC(C)N(Cc1cccc(OCCCCCC(=O)OC(=O)O)c1)C(=O)c1ccc(-c2cccc(Oc3ccccc3)c2)cc1. The molecule has 0 saturated carbocycles. The van der Waals surface area contributed by atoms with Crippen LogP contribution in [0.2, 0.25) is 0 Å². The van der Waals surface area contributed by atoms with Crippen LogP contribution in [0.15, 0.2) is 103 Å². The minimum Gasteiger partial charge on any atom is -0.494 e. The number of rotatable bonds is 14. The highest BCUT2D eigenvalue weighted by atomic mass is 16.7. The molecule has 0 aliphatic carbocycles. The number of amides is 1. The van der Waals surface area contributed by atoms with E-state index in [4.69, 9.17) is 14.6 Å². The topological polar surface area (TPSA) is 102 Å². The van der Waals surface area contributed by atoms with E-state index in [0.717, 1.165) is 28.2 Å². The third-order valence-corrected chi connectivity index (χ3v) is 6.91. The molecule has 0 aliphatic heterocycles. The highest BCUT2D eigenvalue weighted by Crippen LogP contribution is 2.28. The van der Waals surface area contributed by atoms with Gasteiger partial charge in [0.05, 0.1) is 6.61 Å². The number of esters is 1. The predicted octanol–water partition coefficient (Wildman–Crippen LogP) is 8.36. The summed E-state index contributed by atoms with van der Waals surface area (Å²) in [5.41, 5.74) is 3.54. The summed E-state index contributed by atoms with van der Waals surface area (Å²) in [6.07, 6.45) is 0.413. The van der Waals surface area contributed by atoms with Crippen molar-refractivity contribution in [1.82, 2.24) is 4.90 Å². The number of carbonyl (C=O) groups is 3. The molecule has 0 bridgehead atoms. The van der Waals surface area contributed by atoms with E-state index in [1.807, 2.05) is 122 Å². The lowest BCUT2D eigenvalue weighted by molar-refractivity contribution is -0.139. The van der Waals surface area contributed by atoms with Crippen LogP contribution >= 0.6 is 0 Å². The first-order chi connectivity index (χ1) is 21.3. The molecule has 44 heavy (non-hydrogen) atoms.